The van der Waals surface area contributed by atoms with Crippen molar-refractivity contribution in [2.75, 3.05) is 20.3 Å². The van der Waals surface area contributed by atoms with Crippen molar-refractivity contribution in [1.29, 1.82) is 0 Å². The molecule has 0 aromatic rings. The van der Waals surface area contributed by atoms with Gasteiger partial charge in [-0.1, -0.05) is 6.92 Å². The molecule has 1 amide bonds. The van der Waals surface area contributed by atoms with Gasteiger partial charge < -0.3 is 15.4 Å². The van der Waals surface area contributed by atoms with E-state index in [0.717, 1.165) is 6.54 Å². The lowest BCUT2D eigenvalue weighted by molar-refractivity contribution is -0.124. The zero-order valence-corrected chi connectivity index (χ0v) is 11.5. The molecule has 2 atom stereocenters. The fourth-order valence-electron chi connectivity index (χ4n) is 2.41. The van der Waals surface area contributed by atoms with Crippen molar-refractivity contribution in [3.63, 3.8) is 0 Å². The standard InChI is InChI=1S/C13H26N2O2/c1-10-6-5-7-14-11(10)8-12(16)15-13(2,3)9-17-4/h10-11,14H,5-9H2,1-4H3,(H,15,16). The maximum absolute atomic E-state index is 11.9. The average molecular weight is 242 g/mol. The summed E-state index contributed by atoms with van der Waals surface area (Å²) in [5, 5.41) is 6.45. The molecule has 0 aromatic carbocycles. The topological polar surface area (TPSA) is 50.4 Å². The van der Waals surface area contributed by atoms with E-state index in [0.29, 0.717) is 25.0 Å². The van der Waals surface area contributed by atoms with E-state index in [1.807, 2.05) is 13.8 Å². The normalized spacial score (nSPS) is 25.6. The number of nitrogens with one attached hydrogen (secondary N) is 2. The van der Waals surface area contributed by atoms with Gasteiger partial charge in [0.1, 0.15) is 0 Å². The zero-order chi connectivity index (χ0) is 12.9. The van der Waals surface area contributed by atoms with Crippen LogP contribution in [0.2, 0.25) is 0 Å². The van der Waals surface area contributed by atoms with Crippen LogP contribution in [-0.4, -0.2) is 37.7 Å². The van der Waals surface area contributed by atoms with Gasteiger partial charge in [0.2, 0.25) is 5.91 Å². The highest BCUT2D eigenvalue weighted by molar-refractivity contribution is 5.77. The Hall–Kier alpha value is -0.610. The summed E-state index contributed by atoms with van der Waals surface area (Å²) in [4.78, 5) is 11.9. The van der Waals surface area contributed by atoms with Crippen molar-refractivity contribution >= 4 is 5.91 Å². The minimum absolute atomic E-state index is 0.110. The summed E-state index contributed by atoms with van der Waals surface area (Å²) in [6, 6.07) is 0.321. The number of ether oxygens (including phenoxy) is 1. The van der Waals surface area contributed by atoms with Crippen LogP contribution in [0, 0.1) is 5.92 Å². The van der Waals surface area contributed by atoms with E-state index in [1.54, 1.807) is 7.11 Å². The lowest BCUT2D eigenvalue weighted by Gasteiger charge is -2.31. The Morgan fingerprint density at radius 3 is 2.82 bits per heavy atom. The fraction of sp³-hybridized carbons (Fsp3) is 0.923. The summed E-state index contributed by atoms with van der Waals surface area (Å²) >= 11 is 0. The second-order valence-corrected chi connectivity index (χ2v) is 5.75. The fourth-order valence-corrected chi connectivity index (χ4v) is 2.41. The quantitative estimate of drug-likeness (QED) is 0.764. The molecule has 2 unspecified atom stereocenters. The first-order valence-electron chi connectivity index (χ1n) is 6.48. The predicted octanol–water partition coefficient (Wildman–Crippen LogP) is 1.31. The molecule has 1 aliphatic rings. The molecule has 0 spiro atoms. The van der Waals surface area contributed by atoms with E-state index in [2.05, 4.69) is 17.6 Å². The number of carbonyl (C=O) groups is 1. The number of hydrogen-bond acceptors (Lipinski definition) is 3. The van der Waals surface area contributed by atoms with Gasteiger partial charge in [-0.15, -0.1) is 0 Å². The number of carbonyl (C=O) groups excluding carboxylic acids is 1. The third-order valence-corrected chi connectivity index (χ3v) is 3.32. The summed E-state index contributed by atoms with van der Waals surface area (Å²) in [5.41, 5.74) is -0.288. The third-order valence-electron chi connectivity index (χ3n) is 3.32. The minimum Gasteiger partial charge on any atom is -0.382 e. The molecule has 1 heterocycles. The molecule has 2 N–H and O–H groups in total. The van der Waals surface area contributed by atoms with Gasteiger partial charge in [-0.05, 0) is 39.2 Å². The van der Waals surface area contributed by atoms with Crippen LogP contribution in [0.15, 0.2) is 0 Å². The van der Waals surface area contributed by atoms with Crippen molar-refractivity contribution < 1.29 is 9.53 Å². The number of hydrogen-bond donors (Lipinski definition) is 2. The average Bonchev–Trinajstić information content (AvgIpc) is 2.20. The van der Waals surface area contributed by atoms with Gasteiger partial charge in [-0.2, -0.15) is 0 Å². The molecule has 0 aromatic heterocycles. The molecule has 0 bridgehead atoms. The number of methoxy groups -OCH3 is 1. The molecule has 1 fully saturated rings. The Kier molecular flexibility index (Phi) is 5.40. The number of piperidine rings is 1. The van der Waals surface area contributed by atoms with Crippen LogP contribution < -0.4 is 10.6 Å². The van der Waals surface area contributed by atoms with Crippen LogP contribution in [-0.2, 0) is 9.53 Å². The highest BCUT2D eigenvalue weighted by Gasteiger charge is 2.26. The van der Waals surface area contributed by atoms with E-state index in [4.69, 9.17) is 4.74 Å². The summed E-state index contributed by atoms with van der Waals surface area (Å²) in [7, 11) is 1.65. The van der Waals surface area contributed by atoms with Gasteiger partial charge in [-0.25, -0.2) is 0 Å². The van der Waals surface area contributed by atoms with E-state index in [1.165, 1.54) is 12.8 Å². The first-order valence-corrected chi connectivity index (χ1v) is 6.48. The number of rotatable bonds is 5. The Morgan fingerprint density at radius 1 is 1.53 bits per heavy atom. The lowest BCUT2D eigenvalue weighted by Crippen LogP contribution is -2.50. The lowest BCUT2D eigenvalue weighted by atomic mass is 9.90. The largest absolute Gasteiger partial charge is 0.382 e. The molecular formula is C13H26N2O2. The molecular weight excluding hydrogens is 216 g/mol. The van der Waals surface area contributed by atoms with Crippen LogP contribution in [0.5, 0.6) is 0 Å². The second kappa shape index (κ2) is 6.36. The molecule has 4 nitrogen and oxygen atoms in total. The Balaban J connectivity index is 2.38. The minimum atomic E-state index is -0.288. The summed E-state index contributed by atoms with van der Waals surface area (Å²) in [6.07, 6.45) is 3.00. The van der Waals surface area contributed by atoms with Crippen LogP contribution >= 0.6 is 0 Å². The summed E-state index contributed by atoms with van der Waals surface area (Å²) in [5.74, 6) is 0.693. The Morgan fingerprint density at radius 2 is 2.24 bits per heavy atom. The molecule has 17 heavy (non-hydrogen) atoms. The van der Waals surface area contributed by atoms with Crippen molar-refractivity contribution in [1.82, 2.24) is 10.6 Å². The Labute approximate surface area is 104 Å². The monoisotopic (exact) mass is 242 g/mol. The maximum atomic E-state index is 11.9. The third kappa shape index (κ3) is 5.04. The smallest absolute Gasteiger partial charge is 0.222 e. The van der Waals surface area contributed by atoms with Crippen LogP contribution in [0.4, 0.5) is 0 Å². The SMILES string of the molecule is COCC(C)(C)NC(=O)CC1NCCCC1C. The van der Waals surface area contributed by atoms with E-state index >= 15 is 0 Å². The van der Waals surface area contributed by atoms with Gasteiger partial charge in [0.25, 0.3) is 0 Å². The summed E-state index contributed by atoms with van der Waals surface area (Å²) < 4.78 is 5.09. The molecule has 1 aliphatic heterocycles. The predicted molar refractivity (Wildman–Crippen MR) is 68.9 cm³/mol. The first kappa shape index (κ1) is 14.5. The highest BCUT2D eigenvalue weighted by Crippen LogP contribution is 2.18. The van der Waals surface area contributed by atoms with E-state index in [-0.39, 0.29) is 11.4 Å². The van der Waals surface area contributed by atoms with Crippen molar-refractivity contribution in [2.45, 2.75) is 51.6 Å². The van der Waals surface area contributed by atoms with Crippen molar-refractivity contribution in [3.8, 4) is 0 Å². The Bertz CT molecular complexity index is 254. The molecule has 1 saturated heterocycles. The van der Waals surface area contributed by atoms with Gasteiger partial charge in [0, 0.05) is 19.6 Å². The van der Waals surface area contributed by atoms with Crippen LogP contribution in [0.1, 0.15) is 40.0 Å². The van der Waals surface area contributed by atoms with Crippen LogP contribution in [0.25, 0.3) is 0 Å². The highest BCUT2D eigenvalue weighted by atomic mass is 16.5. The molecule has 0 aliphatic carbocycles. The molecule has 1 rings (SSSR count). The van der Waals surface area contributed by atoms with E-state index in [9.17, 15) is 4.79 Å². The van der Waals surface area contributed by atoms with Crippen molar-refractivity contribution in [2.24, 2.45) is 5.92 Å². The van der Waals surface area contributed by atoms with Crippen LogP contribution in [0.3, 0.4) is 0 Å². The second-order valence-electron chi connectivity index (χ2n) is 5.75. The first-order chi connectivity index (χ1) is 7.94. The van der Waals surface area contributed by atoms with Gasteiger partial charge in [-0.3, -0.25) is 4.79 Å². The van der Waals surface area contributed by atoms with Gasteiger partial charge in [0.15, 0.2) is 0 Å². The zero-order valence-electron chi connectivity index (χ0n) is 11.5. The van der Waals surface area contributed by atoms with Crippen molar-refractivity contribution in [3.05, 3.63) is 0 Å². The maximum Gasteiger partial charge on any atom is 0.222 e. The number of amides is 1. The van der Waals surface area contributed by atoms with E-state index < -0.39 is 0 Å². The molecule has 100 valence electrons. The van der Waals surface area contributed by atoms with Gasteiger partial charge >= 0.3 is 0 Å². The van der Waals surface area contributed by atoms with Gasteiger partial charge in [0.05, 0.1) is 12.1 Å². The summed E-state index contributed by atoms with van der Waals surface area (Å²) in [6.45, 7) is 7.73. The molecule has 0 saturated carbocycles. The molecule has 0 radical (unpaired) electrons. The molecule has 4 heteroatoms.